The lowest BCUT2D eigenvalue weighted by Crippen LogP contribution is -2.00. The van der Waals surface area contributed by atoms with Crippen LogP contribution in [0.2, 0.25) is 0 Å². The molecule has 78 valence electrons. The minimum absolute atomic E-state index is 0.315. The molecular formula is C11H12N2O2. The summed E-state index contributed by atoms with van der Waals surface area (Å²) in [5.41, 5.74) is 1.92. The molecule has 0 amide bonds. The average molecular weight is 204 g/mol. The van der Waals surface area contributed by atoms with Gasteiger partial charge in [0.2, 0.25) is 0 Å². The Morgan fingerprint density at radius 1 is 1.53 bits per heavy atom. The predicted molar refractivity (Wildman–Crippen MR) is 56.8 cm³/mol. The normalized spacial score (nSPS) is 10.5. The van der Waals surface area contributed by atoms with Crippen molar-refractivity contribution >= 4 is 16.9 Å². The summed E-state index contributed by atoms with van der Waals surface area (Å²) in [7, 11) is 0. The average Bonchev–Trinajstić information content (AvgIpc) is 2.58. The molecule has 0 radical (unpaired) electrons. The number of ether oxygens (including phenoxy) is 1. The Morgan fingerprint density at radius 3 is 3.00 bits per heavy atom. The van der Waals surface area contributed by atoms with Crippen LogP contribution in [0.4, 0.5) is 0 Å². The number of nitrogens with zero attached hydrogens (tertiary/aromatic N) is 1. The number of rotatable bonds is 2. The summed E-state index contributed by atoms with van der Waals surface area (Å²) in [4.78, 5) is 10.8. The molecule has 1 aromatic carbocycles. The first-order chi connectivity index (χ1) is 7.20. The second-order valence-corrected chi connectivity index (χ2v) is 3.32. The van der Waals surface area contributed by atoms with Crippen molar-refractivity contribution in [1.29, 1.82) is 0 Å². The maximum Gasteiger partial charge on any atom is 0.308 e. The van der Waals surface area contributed by atoms with Gasteiger partial charge in [0.25, 0.3) is 0 Å². The summed E-state index contributed by atoms with van der Waals surface area (Å²) < 4.78 is 4.98. The number of nitrogens with one attached hydrogen (secondary N) is 1. The molecule has 0 unspecified atom stereocenters. The number of fused-ring (bicyclic) bond motifs is 1. The summed E-state index contributed by atoms with van der Waals surface area (Å²) in [5, 5.41) is 8.16. The Morgan fingerprint density at radius 2 is 2.33 bits per heavy atom. The number of aromatic amines is 1. The number of benzene rings is 1. The van der Waals surface area contributed by atoms with Crippen molar-refractivity contribution in [1.82, 2.24) is 10.2 Å². The van der Waals surface area contributed by atoms with Crippen molar-refractivity contribution in [2.24, 2.45) is 0 Å². The molecule has 0 saturated heterocycles. The topological polar surface area (TPSA) is 55.0 Å². The molecule has 0 aliphatic heterocycles. The van der Waals surface area contributed by atoms with E-state index >= 15 is 0 Å². The molecule has 0 aliphatic carbocycles. The molecule has 2 rings (SSSR count). The van der Waals surface area contributed by atoms with Gasteiger partial charge in [-0.15, -0.1) is 0 Å². The standard InChI is InChI=1S/C11H12N2O2/c1-3-10-9-5-4-8(15-7(2)14)6-11(9)13-12-10/h4-6H,3H2,1-2H3,(H,12,13). The maximum absolute atomic E-state index is 10.8. The highest BCUT2D eigenvalue weighted by Crippen LogP contribution is 2.21. The molecule has 1 aromatic heterocycles. The zero-order valence-corrected chi connectivity index (χ0v) is 8.70. The largest absolute Gasteiger partial charge is 0.427 e. The van der Waals surface area contributed by atoms with E-state index in [4.69, 9.17) is 4.74 Å². The van der Waals surface area contributed by atoms with Gasteiger partial charge in [-0.25, -0.2) is 0 Å². The van der Waals surface area contributed by atoms with Crippen LogP contribution in [0.25, 0.3) is 10.9 Å². The highest BCUT2D eigenvalue weighted by molar-refractivity contribution is 5.83. The van der Waals surface area contributed by atoms with Crippen LogP contribution in [0, 0.1) is 0 Å². The number of esters is 1. The maximum atomic E-state index is 10.8. The van der Waals surface area contributed by atoms with E-state index in [1.807, 2.05) is 6.07 Å². The van der Waals surface area contributed by atoms with Gasteiger partial charge in [0.1, 0.15) is 5.75 Å². The summed E-state index contributed by atoms with van der Waals surface area (Å²) in [6.07, 6.45) is 0.882. The minimum Gasteiger partial charge on any atom is -0.427 e. The first-order valence-electron chi connectivity index (χ1n) is 4.86. The Bertz CT molecular complexity index is 502. The van der Waals surface area contributed by atoms with Crippen molar-refractivity contribution < 1.29 is 9.53 Å². The van der Waals surface area contributed by atoms with Gasteiger partial charge >= 0.3 is 5.97 Å². The number of H-pyrrole nitrogens is 1. The van der Waals surface area contributed by atoms with Gasteiger partial charge in [-0.2, -0.15) is 5.10 Å². The van der Waals surface area contributed by atoms with Crippen LogP contribution in [0.3, 0.4) is 0 Å². The van der Waals surface area contributed by atoms with E-state index in [1.54, 1.807) is 12.1 Å². The van der Waals surface area contributed by atoms with E-state index < -0.39 is 0 Å². The highest BCUT2D eigenvalue weighted by atomic mass is 16.5. The molecule has 15 heavy (non-hydrogen) atoms. The van der Waals surface area contributed by atoms with Crippen molar-refractivity contribution in [2.45, 2.75) is 20.3 Å². The quantitative estimate of drug-likeness (QED) is 0.601. The fourth-order valence-corrected chi connectivity index (χ4v) is 1.55. The Kier molecular flexibility index (Phi) is 2.41. The van der Waals surface area contributed by atoms with Gasteiger partial charge in [0.15, 0.2) is 0 Å². The Labute approximate surface area is 87.2 Å². The first-order valence-corrected chi connectivity index (χ1v) is 4.86. The van der Waals surface area contributed by atoms with Gasteiger partial charge in [-0.3, -0.25) is 9.89 Å². The van der Waals surface area contributed by atoms with E-state index in [1.165, 1.54) is 6.92 Å². The lowest BCUT2D eigenvalue weighted by molar-refractivity contribution is -0.131. The third-order valence-corrected chi connectivity index (χ3v) is 2.21. The minimum atomic E-state index is -0.315. The fourth-order valence-electron chi connectivity index (χ4n) is 1.55. The smallest absolute Gasteiger partial charge is 0.308 e. The van der Waals surface area contributed by atoms with Crippen molar-refractivity contribution in [3.8, 4) is 5.75 Å². The molecule has 4 heteroatoms. The molecule has 0 saturated carbocycles. The Balaban J connectivity index is 2.44. The SMILES string of the molecule is CCc1n[nH]c2cc(OC(C)=O)ccc12. The van der Waals surface area contributed by atoms with E-state index in [9.17, 15) is 4.79 Å². The van der Waals surface area contributed by atoms with Crippen LogP contribution in [0.1, 0.15) is 19.5 Å². The number of hydrogen-bond donors (Lipinski definition) is 1. The van der Waals surface area contributed by atoms with Gasteiger partial charge in [-0.05, 0) is 18.6 Å². The van der Waals surface area contributed by atoms with Crippen LogP contribution in [-0.4, -0.2) is 16.2 Å². The van der Waals surface area contributed by atoms with E-state index in [-0.39, 0.29) is 5.97 Å². The summed E-state index contributed by atoms with van der Waals surface area (Å²) in [6, 6.07) is 5.47. The molecule has 2 aromatic rings. The van der Waals surface area contributed by atoms with Crippen molar-refractivity contribution in [3.05, 3.63) is 23.9 Å². The lowest BCUT2D eigenvalue weighted by atomic mass is 10.2. The van der Waals surface area contributed by atoms with Crippen LogP contribution < -0.4 is 4.74 Å². The zero-order valence-electron chi connectivity index (χ0n) is 8.70. The monoisotopic (exact) mass is 204 g/mol. The third-order valence-electron chi connectivity index (χ3n) is 2.21. The first kappa shape index (κ1) is 9.71. The lowest BCUT2D eigenvalue weighted by Gasteiger charge is -2.00. The highest BCUT2D eigenvalue weighted by Gasteiger charge is 2.05. The summed E-state index contributed by atoms with van der Waals surface area (Å²) in [6.45, 7) is 3.43. The molecule has 0 atom stereocenters. The van der Waals surface area contributed by atoms with Crippen LogP contribution in [0.15, 0.2) is 18.2 Å². The number of aryl methyl sites for hydroxylation is 1. The third kappa shape index (κ3) is 1.83. The van der Waals surface area contributed by atoms with E-state index in [2.05, 4.69) is 17.1 Å². The van der Waals surface area contributed by atoms with Crippen LogP contribution in [0.5, 0.6) is 5.75 Å². The second kappa shape index (κ2) is 3.73. The molecule has 0 spiro atoms. The molecule has 0 aliphatic rings. The van der Waals surface area contributed by atoms with Crippen LogP contribution >= 0.6 is 0 Å². The molecule has 1 N–H and O–H groups in total. The van der Waals surface area contributed by atoms with Crippen LogP contribution in [-0.2, 0) is 11.2 Å². The number of carbonyl (C=O) groups is 1. The van der Waals surface area contributed by atoms with E-state index in [0.717, 1.165) is 23.0 Å². The van der Waals surface area contributed by atoms with Gasteiger partial charge < -0.3 is 4.74 Å². The molecular weight excluding hydrogens is 192 g/mol. The number of carbonyl (C=O) groups excluding carboxylic acids is 1. The number of hydrogen-bond acceptors (Lipinski definition) is 3. The zero-order chi connectivity index (χ0) is 10.8. The molecule has 0 fully saturated rings. The molecule has 1 heterocycles. The van der Waals surface area contributed by atoms with Crippen molar-refractivity contribution in [2.75, 3.05) is 0 Å². The fraction of sp³-hybridized carbons (Fsp3) is 0.273. The summed E-state index contributed by atoms with van der Waals surface area (Å²) >= 11 is 0. The summed E-state index contributed by atoms with van der Waals surface area (Å²) in [5.74, 6) is 0.228. The van der Waals surface area contributed by atoms with Gasteiger partial charge in [0.05, 0.1) is 11.2 Å². The van der Waals surface area contributed by atoms with E-state index in [0.29, 0.717) is 5.75 Å². The van der Waals surface area contributed by atoms with Gasteiger partial charge in [-0.1, -0.05) is 6.92 Å². The van der Waals surface area contributed by atoms with Gasteiger partial charge in [0, 0.05) is 18.4 Å². The molecule has 0 bridgehead atoms. The Hall–Kier alpha value is -1.84. The predicted octanol–water partition coefficient (Wildman–Crippen LogP) is 2.05. The second-order valence-electron chi connectivity index (χ2n) is 3.32. The molecule has 4 nitrogen and oxygen atoms in total. The number of aromatic nitrogens is 2. The van der Waals surface area contributed by atoms with Crippen molar-refractivity contribution in [3.63, 3.8) is 0 Å².